The lowest BCUT2D eigenvalue weighted by atomic mass is 10.2. The monoisotopic (exact) mass is 422 g/mol. The molecular formula is C20H27ClN4O4. The van der Waals surface area contributed by atoms with Crippen LogP contribution in [0.15, 0.2) is 18.2 Å². The van der Waals surface area contributed by atoms with Crippen molar-refractivity contribution < 1.29 is 19.1 Å². The van der Waals surface area contributed by atoms with Crippen LogP contribution in [0.2, 0.25) is 5.02 Å². The first-order valence-corrected chi connectivity index (χ1v) is 10.6. The third kappa shape index (κ3) is 4.76. The first-order valence-electron chi connectivity index (χ1n) is 10.2. The lowest BCUT2D eigenvalue weighted by Gasteiger charge is -2.36. The van der Waals surface area contributed by atoms with Crippen molar-refractivity contribution in [2.45, 2.75) is 18.9 Å². The number of hydrogen-bond acceptors (Lipinski definition) is 5. The summed E-state index contributed by atoms with van der Waals surface area (Å²) in [6.07, 6.45) is 1.42. The summed E-state index contributed by atoms with van der Waals surface area (Å²) in [5, 5.41) is 3.58. The summed E-state index contributed by atoms with van der Waals surface area (Å²) in [7, 11) is 0. The maximum absolute atomic E-state index is 12.8. The van der Waals surface area contributed by atoms with Gasteiger partial charge in [-0.05, 0) is 31.0 Å². The Bertz CT molecular complexity index is 742. The normalized spacial score (nSPS) is 22.7. The van der Waals surface area contributed by atoms with Gasteiger partial charge in [0.15, 0.2) is 0 Å². The van der Waals surface area contributed by atoms with Crippen molar-refractivity contribution in [3.8, 4) is 0 Å². The lowest BCUT2D eigenvalue weighted by molar-refractivity contribution is -0.142. The van der Waals surface area contributed by atoms with Crippen LogP contribution in [-0.4, -0.2) is 86.9 Å². The second-order valence-corrected chi connectivity index (χ2v) is 7.94. The molecule has 1 aromatic carbocycles. The standard InChI is InChI=1S/C20H27ClN4O4/c21-15-3-4-17(23-9-12-28-13-10-23)16(14-15)22-20(27)25-7-5-24(6-8-25)19(26)18-2-1-11-29-18/h3-4,14,18H,1-2,5-13H2,(H,22,27)/t18-/m0/s1. The summed E-state index contributed by atoms with van der Waals surface area (Å²) in [6.45, 7) is 5.58. The van der Waals surface area contributed by atoms with E-state index >= 15 is 0 Å². The van der Waals surface area contributed by atoms with E-state index in [0.717, 1.165) is 31.6 Å². The van der Waals surface area contributed by atoms with Crippen LogP contribution in [0.1, 0.15) is 12.8 Å². The molecule has 0 saturated carbocycles. The van der Waals surface area contributed by atoms with Crippen LogP contribution in [-0.2, 0) is 14.3 Å². The molecule has 0 radical (unpaired) electrons. The van der Waals surface area contributed by atoms with E-state index in [0.29, 0.717) is 56.7 Å². The van der Waals surface area contributed by atoms with Crippen LogP contribution < -0.4 is 10.2 Å². The predicted molar refractivity (Wildman–Crippen MR) is 111 cm³/mol. The maximum Gasteiger partial charge on any atom is 0.322 e. The quantitative estimate of drug-likeness (QED) is 0.806. The third-order valence-corrected chi connectivity index (χ3v) is 5.87. The molecule has 9 heteroatoms. The fourth-order valence-electron chi connectivity index (χ4n) is 3.99. The molecule has 158 valence electrons. The molecule has 3 amide bonds. The van der Waals surface area contributed by atoms with E-state index in [9.17, 15) is 9.59 Å². The van der Waals surface area contributed by atoms with E-state index in [-0.39, 0.29) is 18.0 Å². The van der Waals surface area contributed by atoms with Crippen molar-refractivity contribution in [3.63, 3.8) is 0 Å². The van der Waals surface area contributed by atoms with Gasteiger partial charge in [-0.1, -0.05) is 11.6 Å². The largest absolute Gasteiger partial charge is 0.378 e. The molecule has 3 heterocycles. The minimum Gasteiger partial charge on any atom is -0.378 e. The van der Waals surface area contributed by atoms with E-state index in [2.05, 4.69) is 10.2 Å². The summed E-state index contributed by atoms with van der Waals surface area (Å²) in [4.78, 5) is 31.1. The molecule has 8 nitrogen and oxygen atoms in total. The number of amides is 3. The Morgan fingerprint density at radius 1 is 1.00 bits per heavy atom. The molecule has 3 saturated heterocycles. The molecular weight excluding hydrogens is 396 g/mol. The number of urea groups is 1. The summed E-state index contributed by atoms with van der Waals surface area (Å²) < 4.78 is 10.9. The van der Waals surface area contributed by atoms with Gasteiger partial charge in [0.2, 0.25) is 0 Å². The Labute approximate surface area is 175 Å². The number of nitrogens with one attached hydrogen (secondary N) is 1. The highest BCUT2D eigenvalue weighted by Crippen LogP contribution is 2.30. The van der Waals surface area contributed by atoms with Gasteiger partial charge in [0.05, 0.1) is 24.6 Å². The summed E-state index contributed by atoms with van der Waals surface area (Å²) in [5.41, 5.74) is 1.64. The van der Waals surface area contributed by atoms with Crippen molar-refractivity contribution in [2.75, 3.05) is 69.3 Å². The molecule has 3 fully saturated rings. The highest BCUT2D eigenvalue weighted by atomic mass is 35.5. The van der Waals surface area contributed by atoms with Crippen LogP contribution in [0.4, 0.5) is 16.2 Å². The second-order valence-electron chi connectivity index (χ2n) is 7.51. The molecule has 1 aromatic rings. The third-order valence-electron chi connectivity index (χ3n) is 5.64. The zero-order valence-electron chi connectivity index (χ0n) is 16.4. The maximum atomic E-state index is 12.8. The zero-order chi connectivity index (χ0) is 20.2. The first-order chi connectivity index (χ1) is 14.1. The Morgan fingerprint density at radius 2 is 1.72 bits per heavy atom. The van der Waals surface area contributed by atoms with Gasteiger partial charge < -0.3 is 29.5 Å². The van der Waals surface area contributed by atoms with E-state index in [1.807, 2.05) is 12.1 Å². The number of nitrogens with zero attached hydrogens (tertiary/aromatic N) is 3. The number of benzene rings is 1. The molecule has 1 atom stereocenters. The SMILES string of the molecule is O=C(Nc1cc(Cl)ccc1N1CCOCC1)N1CCN(C(=O)[C@@H]2CCCO2)CC1. The van der Waals surface area contributed by atoms with Gasteiger partial charge in [0, 0.05) is 50.9 Å². The number of rotatable bonds is 3. The van der Waals surface area contributed by atoms with Crippen molar-refractivity contribution >= 4 is 34.9 Å². The van der Waals surface area contributed by atoms with Crippen LogP contribution in [0, 0.1) is 0 Å². The Balaban J connectivity index is 1.36. The lowest BCUT2D eigenvalue weighted by Crippen LogP contribution is -2.53. The number of carbonyl (C=O) groups is 2. The Morgan fingerprint density at radius 3 is 2.41 bits per heavy atom. The molecule has 0 spiro atoms. The number of morpholine rings is 1. The topological polar surface area (TPSA) is 74.4 Å². The highest BCUT2D eigenvalue weighted by Gasteiger charge is 2.31. The zero-order valence-corrected chi connectivity index (χ0v) is 17.2. The molecule has 0 aromatic heterocycles. The molecule has 1 N–H and O–H groups in total. The van der Waals surface area contributed by atoms with Gasteiger partial charge in [-0.2, -0.15) is 0 Å². The van der Waals surface area contributed by atoms with Crippen LogP contribution >= 0.6 is 11.6 Å². The number of halogens is 1. The van der Waals surface area contributed by atoms with E-state index < -0.39 is 0 Å². The summed E-state index contributed by atoms with van der Waals surface area (Å²) in [5.74, 6) is 0.0482. The van der Waals surface area contributed by atoms with Crippen LogP contribution in [0.5, 0.6) is 0 Å². The first kappa shape index (κ1) is 20.3. The fourth-order valence-corrected chi connectivity index (χ4v) is 4.16. The van der Waals surface area contributed by atoms with Gasteiger partial charge in [0.25, 0.3) is 5.91 Å². The molecule has 3 aliphatic heterocycles. The Hall–Kier alpha value is -2.03. The minimum absolute atomic E-state index is 0.0482. The number of anilines is 2. The average Bonchev–Trinajstić information content (AvgIpc) is 3.29. The second kappa shape index (κ2) is 9.19. The molecule has 29 heavy (non-hydrogen) atoms. The summed E-state index contributed by atoms with van der Waals surface area (Å²) >= 11 is 6.18. The highest BCUT2D eigenvalue weighted by molar-refractivity contribution is 6.31. The van der Waals surface area contributed by atoms with Gasteiger partial charge in [-0.15, -0.1) is 0 Å². The number of ether oxygens (including phenoxy) is 2. The van der Waals surface area contributed by atoms with E-state index in [1.165, 1.54) is 0 Å². The smallest absolute Gasteiger partial charge is 0.322 e. The van der Waals surface area contributed by atoms with Gasteiger partial charge >= 0.3 is 6.03 Å². The van der Waals surface area contributed by atoms with Crippen molar-refractivity contribution in [2.24, 2.45) is 0 Å². The predicted octanol–water partition coefficient (Wildman–Crippen LogP) is 2.03. The molecule has 0 unspecified atom stereocenters. The van der Waals surface area contributed by atoms with E-state index in [4.69, 9.17) is 21.1 Å². The van der Waals surface area contributed by atoms with Crippen molar-refractivity contribution in [1.29, 1.82) is 0 Å². The van der Waals surface area contributed by atoms with Gasteiger partial charge in [-0.25, -0.2) is 4.79 Å². The molecule has 4 rings (SSSR count). The number of piperazine rings is 1. The fraction of sp³-hybridized carbons (Fsp3) is 0.600. The molecule has 3 aliphatic rings. The van der Waals surface area contributed by atoms with Gasteiger partial charge in [-0.3, -0.25) is 4.79 Å². The van der Waals surface area contributed by atoms with Gasteiger partial charge in [0.1, 0.15) is 6.10 Å². The summed E-state index contributed by atoms with van der Waals surface area (Å²) in [6, 6.07) is 5.37. The average molecular weight is 423 g/mol. The Kier molecular flexibility index (Phi) is 6.42. The number of hydrogen-bond donors (Lipinski definition) is 1. The van der Waals surface area contributed by atoms with E-state index in [1.54, 1.807) is 15.9 Å². The van der Waals surface area contributed by atoms with Crippen molar-refractivity contribution in [1.82, 2.24) is 9.80 Å². The van der Waals surface area contributed by atoms with Crippen molar-refractivity contribution in [3.05, 3.63) is 23.2 Å². The molecule has 0 aliphatic carbocycles. The van der Waals surface area contributed by atoms with Crippen LogP contribution in [0.3, 0.4) is 0 Å². The minimum atomic E-state index is -0.307. The van der Waals surface area contributed by atoms with Crippen LogP contribution in [0.25, 0.3) is 0 Å². The number of carbonyl (C=O) groups excluding carboxylic acids is 2. The molecule has 0 bridgehead atoms.